The predicted octanol–water partition coefficient (Wildman–Crippen LogP) is 2.48. The molecule has 29 heavy (non-hydrogen) atoms. The van der Waals surface area contributed by atoms with Crippen LogP contribution in [-0.2, 0) is 19.1 Å². The number of esters is 1. The first-order valence-electron chi connectivity index (χ1n) is 9.87. The van der Waals surface area contributed by atoms with Crippen molar-refractivity contribution in [1.29, 1.82) is 0 Å². The molecule has 0 atom stereocenters. The van der Waals surface area contributed by atoms with Crippen LogP contribution in [-0.4, -0.2) is 42.4 Å². The highest BCUT2D eigenvalue weighted by atomic mass is 16.5. The third kappa shape index (κ3) is 5.67. The second-order valence-corrected chi connectivity index (χ2v) is 7.30. The lowest BCUT2D eigenvalue weighted by Crippen LogP contribution is -2.43. The summed E-state index contributed by atoms with van der Waals surface area (Å²) in [4.78, 5) is 37.7. The number of ether oxygens (including phenoxy) is 1. The first-order chi connectivity index (χ1) is 14.0. The Morgan fingerprint density at radius 1 is 0.931 bits per heavy atom. The summed E-state index contributed by atoms with van der Waals surface area (Å²) in [6, 6.07) is 19.6. The fourth-order valence-corrected chi connectivity index (χ4v) is 3.67. The number of likely N-dealkylation sites (tertiary alicyclic amines) is 1. The van der Waals surface area contributed by atoms with E-state index < -0.39 is 5.97 Å². The van der Waals surface area contributed by atoms with Crippen molar-refractivity contribution in [2.75, 3.05) is 19.7 Å². The molecule has 152 valence electrons. The van der Waals surface area contributed by atoms with Gasteiger partial charge in [-0.15, -0.1) is 0 Å². The zero-order chi connectivity index (χ0) is 20.6. The van der Waals surface area contributed by atoms with E-state index in [1.807, 2.05) is 60.7 Å². The fourth-order valence-electron chi connectivity index (χ4n) is 3.67. The average Bonchev–Trinajstić information content (AvgIpc) is 2.77. The molecule has 0 saturated carbocycles. The minimum absolute atomic E-state index is 0.133. The van der Waals surface area contributed by atoms with Crippen LogP contribution in [0, 0.1) is 5.92 Å². The van der Waals surface area contributed by atoms with Gasteiger partial charge in [-0.1, -0.05) is 60.7 Å². The van der Waals surface area contributed by atoms with Crippen molar-refractivity contribution >= 4 is 17.8 Å². The van der Waals surface area contributed by atoms with Gasteiger partial charge >= 0.3 is 5.97 Å². The summed E-state index contributed by atoms with van der Waals surface area (Å²) >= 11 is 0. The molecule has 0 aromatic heterocycles. The van der Waals surface area contributed by atoms with Crippen molar-refractivity contribution in [2.24, 2.45) is 11.7 Å². The molecule has 0 radical (unpaired) electrons. The van der Waals surface area contributed by atoms with E-state index >= 15 is 0 Å². The Morgan fingerprint density at radius 2 is 1.45 bits per heavy atom. The molecule has 0 bridgehead atoms. The van der Waals surface area contributed by atoms with Gasteiger partial charge in [0.05, 0.1) is 6.42 Å². The average molecular weight is 394 g/mol. The number of nitrogens with zero attached hydrogens (tertiary/aromatic N) is 1. The largest absolute Gasteiger partial charge is 0.456 e. The summed E-state index contributed by atoms with van der Waals surface area (Å²) in [7, 11) is 0. The Bertz CT molecular complexity index is 791. The minimum atomic E-state index is -0.414. The Kier molecular flexibility index (Phi) is 7.00. The molecule has 2 aromatic rings. The van der Waals surface area contributed by atoms with Crippen LogP contribution in [0.3, 0.4) is 0 Å². The minimum Gasteiger partial charge on any atom is -0.456 e. The van der Waals surface area contributed by atoms with Gasteiger partial charge in [-0.3, -0.25) is 14.4 Å². The SMILES string of the molecule is NC(=O)C1CCN(C(=O)COC(=O)CC(c2ccccc2)c2ccccc2)CC1. The molecule has 1 saturated heterocycles. The van der Waals surface area contributed by atoms with Crippen molar-refractivity contribution in [3.05, 3.63) is 71.8 Å². The molecule has 1 heterocycles. The molecular formula is C23H26N2O4. The molecule has 6 nitrogen and oxygen atoms in total. The number of carbonyl (C=O) groups is 3. The van der Waals surface area contributed by atoms with Crippen molar-refractivity contribution < 1.29 is 19.1 Å². The molecule has 0 aliphatic carbocycles. The molecule has 2 N–H and O–H groups in total. The van der Waals surface area contributed by atoms with E-state index in [1.54, 1.807) is 4.90 Å². The summed E-state index contributed by atoms with van der Waals surface area (Å²) in [6.07, 6.45) is 1.27. The number of piperidine rings is 1. The molecule has 0 spiro atoms. The Balaban J connectivity index is 1.55. The normalized spacial score (nSPS) is 14.6. The van der Waals surface area contributed by atoms with E-state index in [4.69, 9.17) is 10.5 Å². The van der Waals surface area contributed by atoms with Crippen molar-refractivity contribution in [3.8, 4) is 0 Å². The number of nitrogens with two attached hydrogens (primary N) is 1. The monoisotopic (exact) mass is 394 g/mol. The van der Waals surface area contributed by atoms with E-state index in [2.05, 4.69) is 0 Å². The lowest BCUT2D eigenvalue weighted by Gasteiger charge is -2.30. The highest BCUT2D eigenvalue weighted by Crippen LogP contribution is 2.28. The molecule has 2 amide bonds. The summed E-state index contributed by atoms with van der Waals surface area (Å²) in [6.45, 7) is 0.637. The lowest BCUT2D eigenvalue weighted by atomic mass is 9.89. The molecule has 3 rings (SSSR count). The number of primary amides is 1. The number of rotatable bonds is 7. The Labute approximate surface area is 170 Å². The van der Waals surface area contributed by atoms with Crippen molar-refractivity contribution in [1.82, 2.24) is 4.90 Å². The highest BCUT2D eigenvalue weighted by Gasteiger charge is 2.27. The summed E-state index contributed by atoms with van der Waals surface area (Å²) < 4.78 is 5.28. The molecule has 0 unspecified atom stereocenters. The van der Waals surface area contributed by atoms with Gasteiger partial charge in [0.15, 0.2) is 6.61 Å². The molecule has 1 aliphatic heterocycles. The number of amides is 2. The maximum atomic E-state index is 12.5. The Hall–Kier alpha value is -3.15. The second-order valence-electron chi connectivity index (χ2n) is 7.30. The summed E-state index contributed by atoms with van der Waals surface area (Å²) in [5, 5.41) is 0. The smallest absolute Gasteiger partial charge is 0.307 e. The standard InChI is InChI=1S/C23H26N2O4/c24-23(28)19-11-13-25(14-12-19)21(26)16-29-22(27)15-20(17-7-3-1-4-8-17)18-9-5-2-6-10-18/h1-10,19-20H,11-16H2,(H2,24,28). The first kappa shape index (κ1) is 20.6. The van der Waals surface area contributed by atoms with Crippen LogP contribution in [0.5, 0.6) is 0 Å². The van der Waals surface area contributed by atoms with Crippen LogP contribution >= 0.6 is 0 Å². The van der Waals surface area contributed by atoms with E-state index in [0.29, 0.717) is 25.9 Å². The van der Waals surface area contributed by atoms with Gasteiger partial charge in [-0.25, -0.2) is 0 Å². The van der Waals surface area contributed by atoms with Crippen LogP contribution in [0.15, 0.2) is 60.7 Å². The number of hydrogen-bond donors (Lipinski definition) is 1. The number of hydrogen-bond acceptors (Lipinski definition) is 4. The third-order valence-electron chi connectivity index (χ3n) is 5.38. The zero-order valence-corrected chi connectivity index (χ0v) is 16.3. The molecule has 6 heteroatoms. The number of benzene rings is 2. The zero-order valence-electron chi connectivity index (χ0n) is 16.3. The maximum absolute atomic E-state index is 12.5. The molecule has 1 aliphatic rings. The van der Waals surface area contributed by atoms with E-state index in [1.165, 1.54) is 0 Å². The summed E-state index contributed by atoms with van der Waals surface area (Å²) in [5.74, 6) is -1.29. The summed E-state index contributed by atoms with van der Waals surface area (Å²) in [5.41, 5.74) is 7.36. The van der Waals surface area contributed by atoms with Gasteiger partial charge in [-0.2, -0.15) is 0 Å². The van der Waals surface area contributed by atoms with Crippen LogP contribution in [0.4, 0.5) is 0 Å². The molecule has 1 fully saturated rings. The fraction of sp³-hybridized carbons (Fsp3) is 0.348. The number of carbonyl (C=O) groups excluding carboxylic acids is 3. The van der Waals surface area contributed by atoms with Crippen LogP contribution in [0.1, 0.15) is 36.3 Å². The van der Waals surface area contributed by atoms with Gasteiger partial charge in [0.25, 0.3) is 5.91 Å². The van der Waals surface area contributed by atoms with E-state index in [-0.39, 0.29) is 36.7 Å². The Morgan fingerprint density at radius 3 is 1.93 bits per heavy atom. The van der Waals surface area contributed by atoms with Crippen molar-refractivity contribution in [2.45, 2.75) is 25.2 Å². The van der Waals surface area contributed by atoms with Crippen LogP contribution in [0.25, 0.3) is 0 Å². The van der Waals surface area contributed by atoms with Crippen LogP contribution < -0.4 is 5.73 Å². The topological polar surface area (TPSA) is 89.7 Å². The maximum Gasteiger partial charge on any atom is 0.307 e. The highest BCUT2D eigenvalue weighted by molar-refractivity contribution is 5.82. The van der Waals surface area contributed by atoms with Gasteiger partial charge in [0.1, 0.15) is 0 Å². The first-order valence-corrected chi connectivity index (χ1v) is 9.87. The lowest BCUT2D eigenvalue weighted by molar-refractivity contribution is -0.153. The van der Waals surface area contributed by atoms with E-state index in [9.17, 15) is 14.4 Å². The van der Waals surface area contributed by atoms with Crippen molar-refractivity contribution in [3.63, 3.8) is 0 Å². The third-order valence-corrected chi connectivity index (χ3v) is 5.38. The van der Waals surface area contributed by atoms with Gasteiger partial charge < -0.3 is 15.4 Å². The van der Waals surface area contributed by atoms with Crippen LogP contribution in [0.2, 0.25) is 0 Å². The molecule has 2 aromatic carbocycles. The molecular weight excluding hydrogens is 368 g/mol. The predicted molar refractivity (Wildman–Crippen MR) is 109 cm³/mol. The second kappa shape index (κ2) is 9.87. The quantitative estimate of drug-likeness (QED) is 0.731. The van der Waals surface area contributed by atoms with Gasteiger partial charge in [0.2, 0.25) is 5.91 Å². The van der Waals surface area contributed by atoms with E-state index in [0.717, 1.165) is 11.1 Å². The van der Waals surface area contributed by atoms with Gasteiger partial charge in [-0.05, 0) is 24.0 Å². The van der Waals surface area contributed by atoms with Gasteiger partial charge in [0, 0.05) is 24.9 Å².